The Morgan fingerprint density at radius 3 is 2.36 bits per heavy atom. The average molecular weight is 409 g/mol. The van der Waals surface area contributed by atoms with Crippen LogP contribution in [0, 0.1) is 13.8 Å². The molecule has 3 N–H and O–H groups in total. The van der Waals surface area contributed by atoms with Crippen molar-refractivity contribution < 1.29 is 0 Å². The Balaban J connectivity index is 0.00000242. The lowest BCUT2D eigenvalue weighted by molar-refractivity contribution is 0.998. The highest BCUT2D eigenvalue weighted by Gasteiger charge is 2.00. The maximum absolute atomic E-state index is 5.97. The predicted octanol–water partition coefficient (Wildman–Crippen LogP) is 4.41. The third-order valence-corrected chi connectivity index (χ3v) is 3.70. The van der Waals surface area contributed by atoms with Crippen LogP contribution in [0.5, 0.6) is 0 Å². The zero-order valence-corrected chi connectivity index (χ0v) is 15.7. The van der Waals surface area contributed by atoms with Gasteiger partial charge in [-0.25, -0.2) is 4.99 Å². The van der Waals surface area contributed by atoms with Crippen LogP contribution in [-0.4, -0.2) is 5.96 Å². The van der Waals surface area contributed by atoms with Crippen LogP contribution >= 0.6 is 24.0 Å². The van der Waals surface area contributed by atoms with Gasteiger partial charge in [0.2, 0.25) is 0 Å². The van der Waals surface area contributed by atoms with E-state index in [0.717, 1.165) is 12.1 Å². The fraction of sp³-hybridized carbons (Fsp3) is 0.278. The number of aliphatic imine (C=N–C) groups is 1. The number of halogens is 1. The monoisotopic (exact) mass is 409 g/mol. The molecule has 0 aromatic heterocycles. The molecule has 0 fully saturated rings. The summed E-state index contributed by atoms with van der Waals surface area (Å²) in [5.41, 5.74) is 12.0. The number of benzene rings is 2. The number of nitrogens with two attached hydrogens (primary N) is 1. The fourth-order valence-electron chi connectivity index (χ4n) is 2.23. The number of hydrogen-bond acceptors (Lipinski definition) is 1. The topological polar surface area (TPSA) is 50.4 Å². The van der Waals surface area contributed by atoms with Crippen molar-refractivity contribution in [3.63, 3.8) is 0 Å². The van der Waals surface area contributed by atoms with Gasteiger partial charge in [-0.05, 0) is 54.7 Å². The summed E-state index contributed by atoms with van der Waals surface area (Å²) in [6.07, 6.45) is 1.01. The molecule has 0 saturated carbocycles. The molecule has 0 aliphatic heterocycles. The predicted molar refractivity (Wildman–Crippen MR) is 106 cm³/mol. The van der Waals surface area contributed by atoms with Gasteiger partial charge in [0.25, 0.3) is 0 Å². The Morgan fingerprint density at radius 2 is 1.73 bits per heavy atom. The van der Waals surface area contributed by atoms with Crippen LogP contribution in [0.2, 0.25) is 0 Å². The van der Waals surface area contributed by atoms with Crippen molar-refractivity contribution in [2.24, 2.45) is 10.7 Å². The van der Waals surface area contributed by atoms with Crippen LogP contribution in [0.25, 0.3) is 0 Å². The molecule has 0 amide bonds. The molecular weight excluding hydrogens is 385 g/mol. The fourth-order valence-corrected chi connectivity index (χ4v) is 2.23. The van der Waals surface area contributed by atoms with E-state index in [0.29, 0.717) is 12.5 Å². The zero-order chi connectivity index (χ0) is 15.2. The molecule has 0 atom stereocenters. The first-order chi connectivity index (χ1) is 10.1. The zero-order valence-electron chi connectivity index (χ0n) is 13.4. The van der Waals surface area contributed by atoms with Crippen molar-refractivity contribution in [2.45, 2.75) is 33.7 Å². The molecule has 0 saturated heterocycles. The minimum Gasteiger partial charge on any atom is -0.370 e. The number of hydrogen-bond donors (Lipinski definition) is 2. The lowest BCUT2D eigenvalue weighted by Crippen LogP contribution is -2.22. The summed E-state index contributed by atoms with van der Waals surface area (Å²) < 4.78 is 0. The number of nitrogens with one attached hydrogen (secondary N) is 1. The summed E-state index contributed by atoms with van der Waals surface area (Å²) in [7, 11) is 0. The molecule has 0 spiro atoms. The van der Waals surface area contributed by atoms with Crippen LogP contribution in [0.4, 0.5) is 5.69 Å². The van der Waals surface area contributed by atoms with Crippen molar-refractivity contribution in [1.29, 1.82) is 0 Å². The van der Waals surface area contributed by atoms with E-state index in [9.17, 15) is 0 Å². The van der Waals surface area contributed by atoms with Crippen LogP contribution in [0.3, 0.4) is 0 Å². The maximum Gasteiger partial charge on any atom is 0.193 e. The molecule has 0 heterocycles. The van der Waals surface area contributed by atoms with Crippen LogP contribution in [0.1, 0.15) is 29.2 Å². The van der Waals surface area contributed by atoms with Gasteiger partial charge in [-0.1, -0.05) is 37.3 Å². The van der Waals surface area contributed by atoms with E-state index in [-0.39, 0.29) is 24.0 Å². The van der Waals surface area contributed by atoms with Crippen LogP contribution in [0.15, 0.2) is 47.5 Å². The first-order valence-corrected chi connectivity index (χ1v) is 7.31. The normalized spacial score (nSPS) is 11.0. The highest BCUT2D eigenvalue weighted by molar-refractivity contribution is 14.0. The van der Waals surface area contributed by atoms with E-state index < -0.39 is 0 Å². The van der Waals surface area contributed by atoms with E-state index >= 15 is 0 Å². The summed E-state index contributed by atoms with van der Waals surface area (Å²) >= 11 is 0. The molecule has 22 heavy (non-hydrogen) atoms. The number of nitrogens with zero attached hydrogens (tertiary/aromatic N) is 1. The second-order valence-electron chi connectivity index (χ2n) is 5.25. The molecule has 3 nitrogen and oxygen atoms in total. The van der Waals surface area contributed by atoms with Gasteiger partial charge in [-0.15, -0.1) is 24.0 Å². The molecule has 118 valence electrons. The standard InChI is InChI=1S/C18H23N3.HI/c1-4-15-7-5-6-8-16(15)12-20-18(19)21-17-10-9-13(2)14(3)11-17;/h5-11H,4,12H2,1-3H3,(H3,19,20,21);1H. The SMILES string of the molecule is CCc1ccccc1CN=C(N)Nc1ccc(C)c(C)c1.I. The lowest BCUT2D eigenvalue weighted by Gasteiger charge is -2.09. The van der Waals surface area contributed by atoms with Gasteiger partial charge >= 0.3 is 0 Å². The largest absolute Gasteiger partial charge is 0.370 e. The minimum absolute atomic E-state index is 0. The van der Waals surface area contributed by atoms with Gasteiger partial charge in [0, 0.05) is 5.69 Å². The number of anilines is 1. The first-order valence-electron chi connectivity index (χ1n) is 7.31. The molecule has 0 bridgehead atoms. The van der Waals surface area contributed by atoms with Crippen molar-refractivity contribution >= 4 is 35.6 Å². The summed E-state index contributed by atoms with van der Waals surface area (Å²) in [5.74, 6) is 0.448. The summed E-state index contributed by atoms with van der Waals surface area (Å²) in [6.45, 7) is 6.94. The first kappa shape index (κ1) is 18.5. The third-order valence-electron chi connectivity index (χ3n) is 3.70. The average Bonchev–Trinajstić information content (AvgIpc) is 2.49. The summed E-state index contributed by atoms with van der Waals surface area (Å²) in [6, 6.07) is 14.5. The van der Waals surface area contributed by atoms with Gasteiger partial charge in [0.05, 0.1) is 6.54 Å². The molecule has 2 rings (SSSR count). The van der Waals surface area contributed by atoms with Crippen molar-refractivity contribution in [3.05, 3.63) is 64.7 Å². The van der Waals surface area contributed by atoms with E-state index in [1.165, 1.54) is 22.3 Å². The Bertz CT molecular complexity index is 651. The van der Waals surface area contributed by atoms with Crippen molar-refractivity contribution in [3.8, 4) is 0 Å². The summed E-state index contributed by atoms with van der Waals surface area (Å²) in [5, 5.41) is 3.15. The minimum atomic E-state index is 0. The number of aryl methyl sites for hydroxylation is 3. The quantitative estimate of drug-likeness (QED) is 0.447. The van der Waals surface area contributed by atoms with E-state index in [2.05, 4.69) is 61.4 Å². The second-order valence-corrected chi connectivity index (χ2v) is 5.25. The Morgan fingerprint density at radius 1 is 1.05 bits per heavy atom. The van der Waals surface area contributed by atoms with Crippen LogP contribution < -0.4 is 11.1 Å². The molecule has 0 aliphatic rings. The van der Waals surface area contributed by atoms with Gasteiger partial charge < -0.3 is 11.1 Å². The highest BCUT2D eigenvalue weighted by Crippen LogP contribution is 2.14. The smallest absolute Gasteiger partial charge is 0.193 e. The van der Waals surface area contributed by atoms with E-state index in [4.69, 9.17) is 5.73 Å². The number of guanidine groups is 1. The molecular formula is C18H24IN3. The van der Waals surface area contributed by atoms with Gasteiger partial charge in [0.1, 0.15) is 0 Å². The molecule has 2 aromatic carbocycles. The van der Waals surface area contributed by atoms with Crippen molar-refractivity contribution in [2.75, 3.05) is 5.32 Å². The van der Waals surface area contributed by atoms with Crippen LogP contribution in [-0.2, 0) is 13.0 Å². The lowest BCUT2D eigenvalue weighted by atomic mass is 10.1. The molecule has 2 aromatic rings. The summed E-state index contributed by atoms with van der Waals surface area (Å²) in [4.78, 5) is 4.43. The molecule has 0 aliphatic carbocycles. The number of rotatable bonds is 4. The Hall–Kier alpha value is -1.56. The van der Waals surface area contributed by atoms with E-state index in [1.807, 2.05) is 12.1 Å². The molecule has 0 unspecified atom stereocenters. The second kappa shape index (κ2) is 8.78. The third kappa shape index (κ3) is 5.02. The highest BCUT2D eigenvalue weighted by atomic mass is 127. The van der Waals surface area contributed by atoms with Gasteiger partial charge in [0.15, 0.2) is 5.96 Å². The Labute approximate surface area is 150 Å². The molecule has 0 radical (unpaired) electrons. The van der Waals surface area contributed by atoms with E-state index in [1.54, 1.807) is 0 Å². The maximum atomic E-state index is 5.97. The van der Waals surface area contributed by atoms with Crippen molar-refractivity contribution in [1.82, 2.24) is 0 Å². The van der Waals surface area contributed by atoms with Gasteiger partial charge in [-0.3, -0.25) is 0 Å². The van der Waals surface area contributed by atoms with Gasteiger partial charge in [-0.2, -0.15) is 0 Å². The molecule has 4 heteroatoms. The Kier molecular flexibility index (Phi) is 7.38.